The SMILES string of the molecule is C=CCCOCCNC1CCCC1(C)C. The molecule has 2 heteroatoms. The first-order valence-electron chi connectivity index (χ1n) is 6.09. The highest BCUT2D eigenvalue weighted by atomic mass is 16.5. The van der Waals surface area contributed by atoms with Crippen molar-refractivity contribution in [3.8, 4) is 0 Å². The van der Waals surface area contributed by atoms with E-state index in [0.717, 1.165) is 26.2 Å². The van der Waals surface area contributed by atoms with Crippen molar-refractivity contribution in [1.82, 2.24) is 5.32 Å². The predicted octanol–water partition coefficient (Wildman–Crippen LogP) is 2.75. The van der Waals surface area contributed by atoms with Crippen LogP contribution in [0.5, 0.6) is 0 Å². The van der Waals surface area contributed by atoms with Gasteiger partial charge in [0.1, 0.15) is 0 Å². The molecule has 1 atom stereocenters. The molecule has 0 aromatic heterocycles. The van der Waals surface area contributed by atoms with Crippen molar-refractivity contribution >= 4 is 0 Å². The van der Waals surface area contributed by atoms with Gasteiger partial charge in [-0.2, -0.15) is 0 Å². The Morgan fingerprint density at radius 2 is 2.27 bits per heavy atom. The smallest absolute Gasteiger partial charge is 0.0591 e. The molecule has 0 amide bonds. The van der Waals surface area contributed by atoms with Gasteiger partial charge in [-0.05, 0) is 24.7 Å². The van der Waals surface area contributed by atoms with E-state index in [0.29, 0.717) is 11.5 Å². The van der Waals surface area contributed by atoms with Crippen LogP contribution in [0.25, 0.3) is 0 Å². The van der Waals surface area contributed by atoms with Crippen molar-refractivity contribution in [2.75, 3.05) is 19.8 Å². The molecule has 0 aromatic carbocycles. The summed E-state index contributed by atoms with van der Waals surface area (Å²) in [7, 11) is 0. The lowest BCUT2D eigenvalue weighted by atomic mass is 9.87. The summed E-state index contributed by atoms with van der Waals surface area (Å²) in [4.78, 5) is 0. The fourth-order valence-electron chi connectivity index (χ4n) is 2.28. The second kappa shape index (κ2) is 6.29. The minimum Gasteiger partial charge on any atom is -0.380 e. The van der Waals surface area contributed by atoms with E-state index in [4.69, 9.17) is 4.74 Å². The molecule has 0 aromatic rings. The van der Waals surface area contributed by atoms with Crippen LogP contribution in [0.15, 0.2) is 12.7 Å². The Kier molecular flexibility index (Phi) is 5.34. The van der Waals surface area contributed by atoms with Crippen LogP contribution in [0.3, 0.4) is 0 Å². The average Bonchev–Trinajstić information content (AvgIpc) is 2.52. The second-order valence-corrected chi connectivity index (χ2v) is 5.08. The van der Waals surface area contributed by atoms with Gasteiger partial charge in [0.05, 0.1) is 13.2 Å². The van der Waals surface area contributed by atoms with Gasteiger partial charge in [0.2, 0.25) is 0 Å². The maximum atomic E-state index is 5.47. The number of rotatable bonds is 7. The van der Waals surface area contributed by atoms with Gasteiger partial charge < -0.3 is 10.1 Å². The van der Waals surface area contributed by atoms with Crippen molar-refractivity contribution in [2.45, 2.75) is 45.6 Å². The standard InChI is InChI=1S/C13H25NO/c1-4-5-10-15-11-9-14-12-7-6-8-13(12,2)3/h4,12,14H,1,5-11H2,2-3H3. The molecule has 1 fully saturated rings. The lowest BCUT2D eigenvalue weighted by Crippen LogP contribution is -2.39. The third-order valence-electron chi connectivity index (χ3n) is 3.36. The molecular weight excluding hydrogens is 186 g/mol. The van der Waals surface area contributed by atoms with Gasteiger partial charge in [-0.3, -0.25) is 0 Å². The molecule has 1 N–H and O–H groups in total. The molecule has 0 spiro atoms. The zero-order chi connectivity index (χ0) is 11.1. The summed E-state index contributed by atoms with van der Waals surface area (Å²) in [5.41, 5.74) is 0.473. The Balaban J connectivity index is 2.02. The maximum absolute atomic E-state index is 5.47. The molecule has 88 valence electrons. The highest BCUT2D eigenvalue weighted by molar-refractivity contribution is 4.89. The van der Waals surface area contributed by atoms with Gasteiger partial charge in [-0.1, -0.05) is 26.3 Å². The Morgan fingerprint density at radius 1 is 1.47 bits per heavy atom. The second-order valence-electron chi connectivity index (χ2n) is 5.08. The zero-order valence-corrected chi connectivity index (χ0v) is 10.2. The first-order chi connectivity index (χ1) is 7.17. The predicted molar refractivity (Wildman–Crippen MR) is 65.1 cm³/mol. The molecule has 1 aliphatic rings. The van der Waals surface area contributed by atoms with Crippen LogP contribution in [-0.4, -0.2) is 25.8 Å². The molecule has 0 heterocycles. The third kappa shape index (κ3) is 4.35. The number of hydrogen-bond acceptors (Lipinski definition) is 2. The molecule has 1 aliphatic carbocycles. The fraction of sp³-hybridized carbons (Fsp3) is 0.846. The Hall–Kier alpha value is -0.340. The first-order valence-corrected chi connectivity index (χ1v) is 6.09. The van der Waals surface area contributed by atoms with E-state index in [9.17, 15) is 0 Å². The van der Waals surface area contributed by atoms with E-state index < -0.39 is 0 Å². The van der Waals surface area contributed by atoms with Crippen LogP contribution in [-0.2, 0) is 4.74 Å². The summed E-state index contributed by atoms with van der Waals surface area (Å²) in [6.45, 7) is 11.0. The van der Waals surface area contributed by atoms with E-state index in [1.165, 1.54) is 19.3 Å². The highest BCUT2D eigenvalue weighted by Gasteiger charge is 2.33. The van der Waals surface area contributed by atoms with E-state index in [1.807, 2.05) is 6.08 Å². The topological polar surface area (TPSA) is 21.3 Å². The first kappa shape index (κ1) is 12.7. The van der Waals surface area contributed by atoms with Crippen LogP contribution in [0.2, 0.25) is 0 Å². The molecule has 1 rings (SSSR count). The largest absolute Gasteiger partial charge is 0.380 e. The van der Waals surface area contributed by atoms with Crippen molar-refractivity contribution in [2.24, 2.45) is 5.41 Å². The number of ether oxygens (including phenoxy) is 1. The fourth-order valence-corrected chi connectivity index (χ4v) is 2.28. The van der Waals surface area contributed by atoms with Crippen LogP contribution in [0.1, 0.15) is 39.5 Å². The Labute approximate surface area is 94.1 Å². The Morgan fingerprint density at radius 3 is 2.87 bits per heavy atom. The summed E-state index contributed by atoms with van der Waals surface area (Å²) < 4.78 is 5.47. The summed E-state index contributed by atoms with van der Waals surface area (Å²) in [5.74, 6) is 0. The van der Waals surface area contributed by atoms with E-state index >= 15 is 0 Å². The normalized spacial score (nSPS) is 24.3. The third-order valence-corrected chi connectivity index (χ3v) is 3.36. The molecule has 1 unspecified atom stereocenters. The van der Waals surface area contributed by atoms with E-state index in [2.05, 4.69) is 25.7 Å². The lowest BCUT2D eigenvalue weighted by Gasteiger charge is -2.27. The molecule has 2 nitrogen and oxygen atoms in total. The van der Waals surface area contributed by atoms with Crippen molar-refractivity contribution in [3.63, 3.8) is 0 Å². The van der Waals surface area contributed by atoms with Crippen LogP contribution in [0, 0.1) is 5.41 Å². The van der Waals surface area contributed by atoms with Gasteiger partial charge in [0.15, 0.2) is 0 Å². The summed E-state index contributed by atoms with van der Waals surface area (Å²) in [6, 6.07) is 0.681. The molecule has 15 heavy (non-hydrogen) atoms. The average molecular weight is 211 g/mol. The summed E-state index contributed by atoms with van der Waals surface area (Å²) in [6.07, 6.45) is 6.88. The molecule has 0 aliphatic heterocycles. The van der Waals surface area contributed by atoms with Gasteiger partial charge >= 0.3 is 0 Å². The quantitative estimate of drug-likeness (QED) is 0.516. The number of nitrogens with one attached hydrogen (secondary N) is 1. The van der Waals surface area contributed by atoms with Gasteiger partial charge in [0.25, 0.3) is 0 Å². The minimum atomic E-state index is 0.473. The lowest BCUT2D eigenvalue weighted by molar-refractivity contribution is 0.133. The van der Waals surface area contributed by atoms with Crippen LogP contribution < -0.4 is 5.32 Å². The molecule has 1 saturated carbocycles. The van der Waals surface area contributed by atoms with Gasteiger partial charge in [-0.15, -0.1) is 6.58 Å². The minimum absolute atomic E-state index is 0.473. The Bertz CT molecular complexity index is 189. The van der Waals surface area contributed by atoms with Crippen molar-refractivity contribution in [1.29, 1.82) is 0 Å². The van der Waals surface area contributed by atoms with E-state index in [1.54, 1.807) is 0 Å². The maximum Gasteiger partial charge on any atom is 0.0591 e. The monoisotopic (exact) mass is 211 g/mol. The van der Waals surface area contributed by atoms with Crippen molar-refractivity contribution < 1.29 is 4.74 Å². The van der Waals surface area contributed by atoms with E-state index in [-0.39, 0.29) is 0 Å². The number of hydrogen-bond donors (Lipinski definition) is 1. The van der Waals surface area contributed by atoms with Crippen molar-refractivity contribution in [3.05, 3.63) is 12.7 Å². The molecule has 0 saturated heterocycles. The molecule has 0 bridgehead atoms. The summed E-state index contributed by atoms with van der Waals surface area (Å²) in [5, 5.41) is 3.60. The van der Waals surface area contributed by atoms with Gasteiger partial charge in [-0.25, -0.2) is 0 Å². The highest BCUT2D eigenvalue weighted by Crippen LogP contribution is 2.36. The summed E-state index contributed by atoms with van der Waals surface area (Å²) >= 11 is 0. The van der Waals surface area contributed by atoms with Crippen LogP contribution in [0.4, 0.5) is 0 Å². The van der Waals surface area contributed by atoms with Crippen LogP contribution >= 0.6 is 0 Å². The molecule has 0 radical (unpaired) electrons. The zero-order valence-electron chi connectivity index (χ0n) is 10.2. The molecular formula is C13H25NO. The van der Waals surface area contributed by atoms with Gasteiger partial charge in [0, 0.05) is 12.6 Å².